The number of nitrogens with two attached hydrogens (primary N) is 1. The van der Waals surface area contributed by atoms with E-state index in [9.17, 15) is 14.7 Å². The fourth-order valence-corrected chi connectivity index (χ4v) is 5.12. The molecule has 3 aromatic heterocycles. The summed E-state index contributed by atoms with van der Waals surface area (Å²) in [5.74, 6) is -0.0188. The van der Waals surface area contributed by atoms with Gasteiger partial charge < -0.3 is 16.2 Å². The molecule has 4 aromatic rings. The largest absolute Gasteiger partial charge is 0.504 e. The Balaban J connectivity index is 1.32. The molecule has 5 rings (SSSR count). The summed E-state index contributed by atoms with van der Waals surface area (Å²) in [4.78, 5) is 34.4. The molecular weight excluding hydrogens is 480 g/mol. The monoisotopic (exact) mass is 506 g/mol. The molecule has 10 heteroatoms. The molecule has 0 aliphatic heterocycles. The molecular formula is C26H27ClN6O3. The van der Waals surface area contributed by atoms with Gasteiger partial charge in [-0.2, -0.15) is 0 Å². The number of nitrogen functional groups attached to an aromatic ring is 1. The zero-order valence-electron chi connectivity index (χ0n) is 19.8. The summed E-state index contributed by atoms with van der Waals surface area (Å²) in [6.07, 6.45) is 6.43. The van der Waals surface area contributed by atoms with Crippen LogP contribution in [0.1, 0.15) is 41.7 Å². The minimum atomic E-state index is -0.193. The molecule has 0 bridgehead atoms. The molecule has 1 aliphatic rings. The van der Waals surface area contributed by atoms with Crippen LogP contribution in [-0.4, -0.2) is 36.2 Å². The van der Waals surface area contributed by atoms with Crippen molar-refractivity contribution in [2.75, 3.05) is 5.73 Å². The van der Waals surface area contributed by atoms with Crippen LogP contribution in [0.25, 0.3) is 16.7 Å². The number of halogens is 1. The molecule has 0 atom stereocenters. The van der Waals surface area contributed by atoms with Gasteiger partial charge in [0.2, 0.25) is 0 Å². The van der Waals surface area contributed by atoms with E-state index in [0.29, 0.717) is 34.4 Å². The number of nitrogens with zero attached hydrogens (tertiary/aromatic N) is 4. The zero-order chi connectivity index (χ0) is 25.4. The first-order chi connectivity index (χ1) is 17.3. The van der Waals surface area contributed by atoms with E-state index in [1.807, 2.05) is 24.3 Å². The number of para-hydroxylation sites is 2. The number of anilines is 1. The highest BCUT2D eigenvalue weighted by Gasteiger charge is 2.26. The van der Waals surface area contributed by atoms with Gasteiger partial charge in [-0.15, -0.1) is 0 Å². The van der Waals surface area contributed by atoms with Gasteiger partial charge in [-0.3, -0.25) is 18.9 Å². The molecule has 4 N–H and O–H groups in total. The van der Waals surface area contributed by atoms with Crippen molar-refractivity contribution in [3.05, 3.63) is 75.6 Å². The van der Waals surface area contributed by atoms with Crippen molar-refractivity contribution in [3.63, 3.8) is 0 Å². The maximum atomic E-state index is 13.5. The molecule has 36 heavy (non-hydrogen) atoms. The van der Waals surface area contributed by atoms with E-state index >= 15 is 0 Å². The van der Waals surface area contributed by atoms with E-state index in [1.54, 1.807) is 22.1 Å². The first kappa shape index (κ1) is 23.9. The number of imidazole rings is 1. The number of aryl methyl sites for hydroxylation is 1. The van der Waals surface area contributed by atoms with Crippen LogP contribution < -0.4 is 16.7 Å². The van der Waals surface area contributed by atoms with E-state index in [-0.39, 0.29) is 29.2 Å². The van der Waals surface area contributed by atoms with Crippen LogP contribution in [0.15, 0.2) is 53.6 Å². The van der Waals surface area contributed by atoms with Crippen molar-refractivity contribution in [2.45, 2.75) is 45.2 Å². The molecule has 0 unspecified atom stereocenters. The van der Waals surface area contributed by atoms with Crippen LogP contribution >= 0.6 is 11.6 Å². The summed E-state index contributed by atoms with van der Waals surface area (Å²) in [7, 11) is 0. The van der Waals surface area contributed by atoms with Gasteiger partial charge in [0.25, 0.3) is 5.91 Å². The number of amides is 1. The third-order valence-electron chi connectivity index (χ3n) is 6.90. The second-order valence-corrected chi connectivity index (χ2v) is 9.73. The lowest BCUT2D eigenvalue weighted by atomic mass is 9.85. The Bertz CT molecular complexity index is 1500. The number of aromatic nitrogens is 4. The van der Waals surface area contributed by atoms with Crippen LogP contribution in [0.5, 0.6) is 5.75 Å². The van der Waals surface area contributed by atoms with Gasteiger partial charge in [-0.05, 0) is 56.7 Å². The van der Waals surface area contributed by atoms with Crippen LogP contribution in [-0.2, 0) is 6.54 Å². The summed E-state index contributed by atoms with van der Waals surface area (Å²) in [6.45, 7) is 2.36. The van der Waals surface area contributed by atoms with Crippen LogP contribution in [0.2, 0.25) is 5.02 Å². The Labute approximate surface area is 212 Å². The standard InChI is InChI=1S/C26H27ClN6O3/c1-15-20(10-17(27)12-29-15)25(35)31-18-8-6-16(7-9-18)14-32-21-4-2-3-5-22(21)33(26(32)36)19-11-23(34)24(28)30-13-19/h2-5,10-13,16,18,34H,6-9,14H2,1H3,(H2,28,30)(H,31,35). The van der Waals surface area contributed by atoms with E-state index in [2.05, 4.69) is 15.3 Å². The molecule has 186 valence electrons. The normalized spacial score (nSPS) is 17.8. The Hall–Kier alpha value is -3.85. The molecule has 1 saturated carbocycles. The van der Waals surface area contributed by atoms with Crippen LogP contribution in [0, 0.1) is 12.8 Å². The first-order valence-corrected chi connectivity index (χ1v) is 12.3. The number of hydrogen-bond acceptors (Lipinski definition) is 6. The highest BCUT2D eigenvalue weighted by atomic mass is 35.5. The fraction of sp³-hybridized carbons (Fsp3) is 0.308. The van der Waals surface area contributed by atoms with Gasteiger partial charge in [0, 0.05) is 24.8 Å². The second kappa shape index (κ2) is 9.66. The predicted octanol–water partition coefficient (Wildman–Crippen LogP) is 3.82. The maximum Gasteiger partial charge on any atom is 0.333 e. The van der Waals surface area contributed by atoms with Crippen molar-refractivity contribution in [2.24, 2.45) is 5.92 Å². The number of benzene rings is 1. The number of nitrogens with one attached hydrogen (secondary N) is 1. The third-order valence-corrected chi connectivity index (χ3v) is 7.10. The number of rotatable bonds is 5. The summed E-state index contributed by atoms with van der Waals surface area (Å²) < 4.78 is 3.34. The molecule has 1 fully saturated rings. The third kappa shape index (κ3) is 4.54. The van der Waals surface area contributed by atoms with Gasteiger partial charge in [0.1, 0.15) is 0 Å². The average molecular weight is 507 g/mol. The minimum Gasteiger partial charge on any atom is -0.504 e. The summed E-state index contributed by atoms with van der Waals surface area (Å²) >= 11 is 6.02. The fourth-order valence-electron chi connectivity index (χ4n) is 4.96. The van der Waals surface area contributed by atoms with Crippen molar-refractivity contribution in [1.82, 2.24) is 24.4 Å². The number of hydrogen-bond donors (Lipinski definition) is 3. The van der Waals surface area contributed by atoms with Gasteiger partial charge in [0.05, 0.1) is 39.2 Å². The molecule has 1 amide bonds. The van der Waals surface area contributed by atoms with Gasteiger partial charge in [0.15, 0.2) is 11.6 Å². The topological polar surface area (TPSA) is 128 Å². The lowest BCUT2D eigenvalue weighted by Gasteiger charge is -2.29. The summed E-state index contributed by atoms with van der Waals surface area (Å²) in [5.41, 5.74) is 8.60. The first-order valence-electron chi connectivity index (χ1n) is 11.9. The van der Waals surface area contributed by atoms with Gasteiger partial charge >= 0.3 is 5.69 Å². The SMILES string of the molecule is Cc1ncc(Cl)cc1C(=O)NC1CCC(Cn2c(=O)n(-c3cnc(N)c(O)c3)c3ccccc32)CC1. The Kier molecular flexibility index (Phi) is 6.40. The van der Waals surface area contributed by atoms with Crippen LogP contribution in [0.4, 0.5) is 5.82 Å². The van der Waals surface area contributed by atoms with Crippen molar-refractivity contribution in [3.8, 4) is 11.4 Å². The van der Waals surface area contributed by atoms with Crippen LogP contribution in [0.3, 0.4) is 0 Å². The van der Waals surface area contributed by atoms with E-state index in [1.165, 1.54) is 18.5 Å². The van der Waals surface area contributed by atoms with Crippen molar-refractivity contribution >= 4 is 34.4 Å². The molecule has 0 radical (unpaired) electrons. The molecule has 1 aliphatic carbocycles. The number of pyridine rings is 2. The quantitative estimate of drug-likeness (QED) is 0.377. The van der Waals surface area contributed by atoms with Crippen molar-refractivity contribution in [1.29, 1.82) is 0 Å². The molecule has 0 saturated heterocycles. The number of carbonyl (C=O) groups is 1. The number of carbonyl (C=O) groups excluding carboxylic acids is 1. The second-order valence-electron chi connectivity index (χ2n) is 9.29. The van der Waals surface area contributed by atoms with E-state index < -0.39 is 0 Å². The van der Waals surface area contributed by atoms with Gasteiger partial charge in [-0.1, -0.05) is 23.7 Å². The summed E-state index contributed by atoms with van der Waals surface area (Å²) in [5, 5.41) is 13.6. The molecule has 0 spiro atoms. The van der Waals surface area contributed by atoms with Crippen molar-refractivity contribution < 1.29 is 9.90 Å². The molecule has 9 nitrogen and oxygen atoms in total. The molecule has 3 heterocycles. The lowest BCUT2D eigenvalue weighted by Crippen LogP contribution is -2.39. The van der Waals surface area contributed by atoms with Gasteiger partial charge in [-0.25, -0.2) is 9.78 Å². The Morgan fingerprint density at radius 1 is 1.14 bits per heavy atom. The smallest absolute Gasteiger partial charge is 0.333 e. The van der Waals surface area contributed by atoms with E-state index in [4.69, 9.17) is 17.3 Å². The molecule has 1 aromatic carbocycles. The highest BCUT2D eigenvalue weighted by molar-refractivity contribution is 6.30. The number of aromatic hydroxyl groups is 1. The average Bonchev–Trinajstić information content (AvgIpc) is 3.14. The Morgan fingerprint density at radius 2 is 1.86 bits per heavy atom. The zero-order valence-corrected chi connectivity index (χ0v) is 20.6. The minimum absolute atomic E-state index is 0.0150. The summed E-state index contributed by atoms with van der Waals surface area (Å²) in [6, 6.07) is 10.7. The number of fused-ring (bicyclic) bond motifs is 1. The predicted molar refractivity (Wildman–Crippen MR) is 139 cm³/mol. The highest BCUT2D eigenvalue weighted by Crippen LogP contribution is 2.28. The lowest BCUT2D eigenvalue weighted by molar-refractivity contribution is 0.0919. The maximum absolute atomic E-state index is 13.5. The Morgan fingerprint density at radius 3 is 2.58 bits per heavy atom. The van der Waals surface area contributed by atoms with E-state index in [0.717, 1.165) is 36.7 Å².